The van der Waals surface area contributed by atoms with Crippen LogP contribution in [0.5, 0.6) is 5.75 Å². The molecule has 20 heavy (non-hydrogen) atoms. The van der Waals surface area contributed by atoms with E-state index < -0.39 is 29.7 Å². The number of phenols is 1. The lowest BCUT2D eigenvalue weighted by atomic mass is 9.93. The van der Waals surface area contributed by atoms with Gasteiger partial charge in [0.25, 0.3) is 0 Å². The smallest absolute Gasteiger partial charge is 0.344 e. The fourth-order valence-corrected chi connectivity index (χ4v) is 1.38. The van der Waals surface area contributed by atoms with Gasteiger partial charge in [-0.15, -0.1) is 0 Å². The van der Waals surface area contributed by atoms with Crippen molar-refractivity contribution in [1.82, 2.24) is 0 Å². The molecule has 0 saturated heterocycles. The van der Waals surface area contributed by atoms with Crippen LogP contribution in [0, 0.1) is 0 Å². The summed E-state index contributed by atoms with van der Waals surface area (Å²) in [4.78, 5) is 33.0. The number of phenolic OH excluding ortho intramolecular Hbond substituents is 1. The molecular weight excluding hydrogens is 268 g/mol. The van der Waals surface area contributed by atoms with Gasteiger partial charge < -0.3 is 20.4 Å². The van der Waals surface area contributed by atoms with Crippen LogP contribution in [0.1, 0.15) is 12.0 Å². The second-order valence-electron chi connectivity index (χ2n) is 4.03. The van der Waals surface area contributed by atoms with Gasteiger partial charge >= 0.3 is 11.9 Å². The predicted molar refractivity (Wildman–Crippen MR) is 67.0 cm³/mol. The van der Waals surface area contributed by atoms with Gasteiger partial charge in [0.2, 0.25) is 5.60 Å². The van der Waals surface area contributed by atoms with E-state index in [0.29, 0.717) is 5.56 Å². The number of ketones is 1. The molecule has 0 saturated carbocycles. The van der Waals surface area contributed by atoms with Crippen molar-refractivity contribution in [2.24, 2.45) is 0 Å². The van der Waals surface area contributed by atoms with Gasteiger partial charge in [0.15, 0.2) is 5.78 Å². The van der Waals surface area contributed by atoms with Gasteiger partial charge in [-0.1, -0.05) is 18.2 Å². The Morgan fingerprint density at radius 1 is 1.10 bits per heavy atom. The zero-order chi connectivity index (χ0) is 15.3. The van der Waals surface area contributed by atoms with Crippen LogP contribution in [-0.2, 0) is 14.4 Å². The van der Waals surface area contributed by atoms with E-state index in [0.717, 1.165) is 6.08 Å². The normalized spacial score (nSPS) is 13.8. The Morgan fingerprint density at radius 3 is 2.10 bits per heavy atom. The van der Waals surface area contributed by atoms with Gasteiger partial charge in [0.1, 0.15) is 5.75 Å². The molecule has 1 aromatic rings. The number of carbonyl (C=O) groups excluding carboxylic acids is 1. The summed E-state index contributed by atoms with van der Waals surface area (Å²) in [6, 6.07) is 5.61. The van der Waals surface area contributed by atoms with Crippen molar-refractivity contribution in [3.63, 3.8) is 0 Å². The fourth-order valence-electron chi connectivity index (χ4n) is 1.38. The van der Waals surface area contributed by atoms with Crippen LogP contribution in [0.25, 0.3) is 6.08 Å². The van der Waals surface area contributed by atoms with Gasteiger partial charge in [-0.3, -0.25) is 9.59 Å². The minimum Gasteiger partial charge on any atom is -0.508 e. The van der Waals surface area contributed by atoms with Crippen LogP contribution < -0.4 is 0 Å². The minimum absolute atomic E-state index is 0.0152. The Balaban J connectivity index is 2.94. The molecule has 1 atom stereocenters. The van der Waals surface area contributed by atoms with Crippen molar-refractivity contribution in [3.05, 3.63) is 35.9 Å². The quantitative estimate of drug-likeness (QED) is 0.434. The van der Waals surface area contributed by atoms with Crippen molar-refractivity contribution >= 4 is 23.8 Å². The first-order valence-electron chi connectivity index (χ1n) is 5.45. The van der Waals surface area contributed by atoms with Crippen molar-refractivity contribution in [1.29, 1.82) is 0 Å². The number of carbonyl (C=O) groups is 3. The van der Waals surface area contributed by atoms with Gasteiger partial charge in [0, 0.05) is 0 Å². The molecule has 0 aliphatic heterocycles. The van der Waals surface area contributed by atoms with Crippen LogP contribution >= 0.6 is 0 Å². The third-order valence-electron chi connectivity index (χ3n) is 2.49. The number of aliphatic hydroxyl groups is 1. The second-order valence-corrected chi connectivity index (χ2v) is 4.03. The monoisotopic (exact) mass is 280 g/mol. The molecule has 0 aliphatic rings. The molecule has 0 aliphatic carbocycles. The van der Waals surface area contributed by atoms with E-state index in [2.05, 4.69) is 0 Å². The maximum atomic E-state index is 11.7. The molecule has 0 radical (unpaired) electrons. The molecule has 4 N–H and O–H groups in total. The van der Waals surface area contributed by atoms with Crippen LogP contribution in [0.3, 0.4) is 0 Å². The highest BCUT2D eigenvalue weighted by molar-refractivity contribution is 6.14. The summed E-state index contributed by atoms with van der Waals surface area (Å²) in [7, 11) is 0. The van der Waals surface area contributed by atoms with E-state index in [4.69, 9.17) is 15.3 Å². The van der Waals surface area contributed by atoms with Crippen LogP contribution in [0.2, 0.25) is 0 Å². The van der Waals surface area contributed by atoms with Crippen molar-refractivity contribution in [3.8, 4) is 5.75 Å². The lowest BCUT2D eigenvalue weighted by molar-refractivity contribution is -0.169. The van der Waals surface area contributed by atoms with E-state index in [9.17, 15) is 19.5 Å². The summed E-state index contributed by atoms with van der Waals surface area (Å²) >= 11 is 0. The van der Waals surface area contributed by atoms with Crippen LogP contribution in [0.4, 0.5) is 0 Å². The van der Waals surface area contributed by atoms with Crippen molar-refractivity contribution in [2.45, 2.75) is 12.0 Å². The number of aromatic hydroxyl groups is 1. The summed E-state index contributed by atoms with van der Waals surface area (Å²) in [5, 5.41) is 36.0. The van der Waals surface area contributed by atoms with E-state index in [1.165, 1.54) is 30.3 Å². The van der Waals surface area contributed by atoms with Crippen LogP contribution in [-0.4, -0.2) is 43.7 Å². The van der Waals surface area contributed by atoms with Crippen molar-refractivity contribution < 1.29 is 34.8 Å². The number of hydrogen-bond donors (Lipinski definition) is 4. The average Bonchev–Trinajstić information content (AvgIpc) is 2.36. The standard InChI is InChI=1S/C13H12O7/c14-9-4-1-8(2-5-9)3-6-10(15)13(20,12(18)19)7-11(16)17/h1-6,14,20H,7H2,(H,16,17)(H,18,19)/b6-3+. The minimum atomic E-state index is -3.00. The molecule has 0 bridgehead atoms. The Hall–Kier alpha value is -2.67. The highest BCUT2D eigenvalue weighted by Gasteiger charge is 2.44. The fraction of sp³-hybridized carbons (Fsp3) is 0.154. The number of hydrogen-bond acceptors (Lipinski definition) is 5. The summed E-state index contributed by atoms with van der Waals surface area (Å²) in [5.41, 5.74) is -2.53. The first kappa shape index (κ1) is 15.4. The zero-order valence-electron chi connectivity index (χ0n) is 10.2. The average molecular weight is 280 g/mol. The number of benzene rings is 1. The lowest BCUT2D eigenvalue weighted by Gasteiger charge is -2.17. The highest BCUT2D eigenvalue weighted by Crippen LogP contribution is 2.16. The molecule has 106 valence electrons. The third-order valence-corrected chi connectivity index (χ3v) is 2.49. The molecule has 1 rings (SSSR count). The molecule has 0 heterocycles. The first-order chi connectivity index (χ1) is 9.25. The number of aliphatic carboxylic acids is 2. The molecule has 7 nitrogen and oxygen atoms in total. The SMILES string of the molecule is O=C(O)CC(O)(C(=O)O)C(=O)/C=C/c1ccc(O)cc1. The molecule has 0 fully saturated rings. The Bertz CT molecular complexity index is 559. The summed E-state index contributed by atoms with van der Waals surface area (Å²) in [5.74, 6) is -4.77. The van der Waals surface area contributed by atoms with Gasteiger partial charge in [0.05, 0.1) is 6.42 Å². The molecule has 1 aromatic carbocycles. The number of carboxylic acid groups (broad SMARTS) is 2. The van der Waals surface area contributed by atoms with Crippen molar-refractivity contribution in [2.75, 3.05) is 0 Å². The van der Waals surface area contributed by atoms with E-state index in [1.807, 2.05) is 0 Å². The molecule has 0 amide bonds. The molecule has 0 aromatic heterocycles. The van der Waals surface area contributed by atoms with E-state index in [-0.39, 0.29) is 5.75 Å². The predicted octanol–water partition coefficient (Wildman–Crippen LogP) is 0.265. The largest absolute Gasteiger partial charge is 0.508 e. The van der Waals surface area contributed by atoms with Gasteiger partial charge in [-0.2, -0.15) is 0 Å². The summed E-state index contributed by atoms with van der Waals surface area (Å²) in [6.45, 7) is 0. The summed E-state index contributed by atoms with van der Waals surface area (Å²) < 4.78 is 0. The van der Waals surface area contributed by atoms with E-state index in [1.54, 1.807) is 0 Å². The molecular formula is C13H12O7. The Morgan fingerprint density at radius 2 is 1.65 bits per heavy atom. The first-order valence-corrected chi connectivity index (χ1v) is 5.45. The maximum absolute atomic E-state index is 11.7. The lowest BCUT2D eigenvalue weighted by Crippen LogP contribution is -2.47. The Kier molecular flexibility index (Phi) is 4.60. The summed E-state index contributed by atoms with van der Waals surface area (Å²) in [6.07, 6.45) is 0.752. The maximum Gasteiger partial charge on any atom is 0.344 e. The molecule has 0 spiro atoms. The zero-order valence-corrected chi connectivity index (χ0v) is 10.2. The third kappa shape index (κ3) is 3.66. The molecule has 7 heteroatoms. The Labute approximate surface area is 113 Å². The molecule has 1 unspecified atom stereocenters. The second kappa shape index (κ2) is 5.98. The number of rotatable bonds is 6. The van der Waals surface area contributed by atoms with Crippen LogP contribution in [0.15, 0.2) is 30.3 Å². The number of carboxylic acids is 2. The van der Waals surface area contributed by atoms with E-state index >= 15 is 0 Å². The van der Waals surface area contributed by atoms with Gasteiger partial charge in [-0.25, -0.2) is 4.79 Å². The highest BCUT2D eigenvalue weighted by atomic mass is 16.4. The topological polar surface area (TPSA) is 132 Å². The van der Waals surface area contributed by atoms with Gasteiger partial charge in [-0.05, 0) is 23.8 Å².